The van der Waals surface area contributed by atoms with Gasteiger partial charge in [0.2, 0.25) is 5.88 Å². The molecule has 0 unspecified atom stereocenters. The first kappa shape index (κ1) is 20.8. The molecule has 1 saturated heterocycles. The summed E-state index contributed by atoms with van der Waals surface area (Å²) in [6, 6.07) is 8.24. The maximum absolute atomic E-state index is 9.95. The molecule has 0 radical (unpaired) electrons. The number of aliphatic hydroxyl groups is 1. The molecule has 0 saturated carbocycles. The van der Waals surface area contributed by atoms with E-state index in [1.807, 2.05) is 12.1 Å². The minimum absolute atomic E-state index is 0.179. The van der Waals surface area contributed by atoms with E-state index in [9.17, 15) is 5.11 Å². The number of ether oxygens (including phenoxy) is 2. The molecule has 0 atom stereocenters. The van der Waals surface area contributed by atoms with Crippen molar-refractivity contribution in [3.8, 4) is 5.88 Å². The zero-order chi connectivity index (χ0) is 20.0. The summed E-state index contributed by atoms with van der Waals surface area (Å²) in [6.45, 7) is 9.51. The number of hydrogen-bond acceptors (Lipinski definition) is 7. The molecule has 0 aliphatic carbocycles. The SMILES string of the molecule is CCc1ccc(CN=Cc2cc(N3CCOCC3)cc(OCC(C)(C)O)n2)s1. The Labute approximate surface area is 170 Å². The van der Waals surface area contributed by atoms with Crippen LogP contribution in [0, 0.1) is 0 Å². The van der Waals surface area contributed by atoms with Crippen molar-refractivity contribution in [1.29, 1.82) is 0 Å². The van der Waals surface area contributed by atoms with Crippen LogP contribution in [0.1, 0.15) is 36.2 Å². The van der Waals surface area contributed by atoms with Crippen molar-refractivity contribution in [3.05, 3.63) is 39.7 Å². The number of aryl methyl sites for hydroxylation is 1. The number of aromatic nitrogens is 1. The number of anilines is 1. The lowest BCUT2D eigenvalue weighted by Crippen LogP contribution is -2.36. The van der Waals surface area contributed by atoms with Gasteiger partial charge in [-0.2, -0.15) is 0 Å². The average molecular weight is 404 g/mol. The fourth-order valence-electron chi connectivity index (χ4n) is 2.83. The number of morpholine rings is 1. The first-order valence-corrected chi connectivity index (χ1v) is 10.5. The van der Waals surface area contributed by atoms with E-state index in [-0.39, 0.29) is 6.61 Å². The highest BCUT2D eigenvalue weighted by atomic mass is 32.1. The summed E-state index contributed by atoms with van der Waals surface area (Å²) >= 11 is 1.80. The molecule has 6 nitrogen and oxygen atoms in total. The van der Waals surface area contributed by atoms with Gasteiger partial charge in [-0.15, -0.1) is 11.3 Å². The molecule has 7 heteroatoms. The average Bonchev–Trinajstić information content (AvgIpc) is 3.14. The van der Waals surface area contributed by atoms with Crippen LogP contribution >= 0.6 is 11.3 Å². The third-order valence-electron chi connectivity index (χ3n) is 4.29. The quantitative estimate of drug-likeness (QED) is 0.685. The van der Waals surface area contributed by atoms with Crippen molar-refractivity contribution in [2.24, 2.45) is 4.99 Å². The monoisotopic (exact) mass is 403 g/mol. The predicted molar refractivity (Wildman–Crippen MR) is 114 cm³/mol. The molecule has 1 aliphatic rings. The van der Waals surface area contributed by atoms with E-state index in [1.165, 1.54) is 9.75 Å². The third-order valence-corrected chi connectivity index (χ3v) is 5.51. The summed E-state index contributed by atoms with van der Waals surface area (Å²) < 4.78 is 11.2. The first-order chi connectivity index (χ1) is 13.4. The molecular formula is C21H29N3O3S. The fourth-order valence-corrected chi connectivity index (χ4v) is 3.73. The van der Waals surface area contributed by atoms with Gasteiger partial charge in [-0.3, -0.25) is 4.99 Å². The molecule has 1 fully saturated rings. The smallest absolute Gasteiger partial charge is 0.216 e. The summed E-state index contributed by atoms with van der Waals surface area (Å²) in [7, 11) is 0. The highest BCUT2D eigenvalue weighted by Crippen LogP contribution is 2.23. The Morgan fingerprint density at radius 3 is 2.71 bits per heavy atom. The number of nitrogens with zero attached hydrogens (tertiary/aromatic N) is 3. The summed E-state index contributed by atoms with van der Waals surface area (Å²) in [4.78, 5) is 14.0. The number of thiophene rings is 1. The Morgan fingerprint density at radius 2 is 2.04 bits per heavy atom. The second-order valence-electron chi connectivity index (χ2n) is 7.48. The van der Waals surface area contributed by atoms with Crippen LogP contribution < -0.4 is 9.64 Å². The lowest BCUT2D eigenvalue weighted by Gasteiger charge is -2.29. The Balaban J connectivity index is 1.76. The molecule has 1 N–H and O–H groups in total. The van der Waals surface area contributed by atoms with Crippen LogP contribution in [0.5, 0.6) is 5.88 Å². The molecule has 0 spiro atoms. The fraction of sp³-hybridized carbons (Fsp3) is 0.524. The highest BCUT2D eigenvalue weighted by molar-refractivity contribution is 7.11. The van der Waals surface area contributed by atoms with Crippen molar-refractivity contribution >= 4 is 23.2 Å². The van der Waals surface area contributed by atoms with Gasteiger partial charge >= 0.3 is 0 Å². The number of rotatable bonds is 8. The number of pyridine rings is 1. The van der Waals surface area contributed by atoms with E-state index in [0.29, 0.717) is 25.6 Å². The zero-order valence-electron chi connectivity index (χ0n) is 16.9. The molecule has 3 rings (SSSR count). The van der Waals surface area contributed by atoms with Gasteiger partial charge in [-0.25, -0.2) is 4.98 Å². The van der Waals surface area contributed by atoms with Gasteiger partial charge in [-0.1, -0.05) is 6.92 Å². The van der Waals surface area contributed by atoms with Crippen LogP contribution in [0.3, 0.4) is 0 Å². The summed E-state index contributed by atoms with van der Waals surface area (Å²) in [5.74, 6) is 0.497. The van der Waals surface area contributed by atoms with Crippen molar-refractivity contribution in [1.82, 2.24) is 4.98 Å². The van der Waals surface area contributed by atoms with Gasteiger partial charge in [0.25, 0.3) is 0 Å². The van der Waals surface area contributed by atoms with E-state index in [1.54, 1.807) is 31.4 Å². The Hall–Kier alpha value is -1.96. The second kappa shape index (κ2) is 9.49. The summed E-state index contributed by atoms with van der Waals surface area (Å²) in [6.07, 6.45) is 2.85. The lowest BCUT2D eigenvalue weighted by atomic mass is 10.2. The first-order valence-electron chi connectivity index (χ1n) is 9.70. The van der Waals surface area contributed by atoms with E-state index >= 15 is 0 Å². The predicted octanol–water partition coefficient (Wildman–Crippen LogP) is 3.31. The lowest BCUT2D eigenvalue weighted by molar-refractivity contribution is 0.0268. The minimum atomic E-state index is -0.916. The molecule has 28 heavy (non-hydrogen) atoms. The molecule has 0 aromatic carbocycles. The molecule has 2 aromatic rings. The Bertz CT molecular complexity index is 792. The standard InChI is InChI=1S/C21H29N3O3S/c1-4-18-5-6-19(28-18)14-22-13-16-11-17(24-7-9-26-10-8-24)12-20(23-16)27-15-21(2,3)25/h5-6,11-13,25H,4,7-10,14-15H2,1-3H3. The molecule has 0 amide bonds. The van der Waals surface area contributed by atoms with E-state index in [4.69, 9.17) is 9.47 Å². The van der Waals surface area contributed by atoms with Gasteiger partial charge < -0.3 is 19.5 Å². The zero-order valence-corrected chi connectivity index (χ0v) is 17.7. The summed E-state index contributed by atoms with van der Waals surface area (Å²) in [5.41, 5.74) is 0.873. The van der Waals surface area contributed by atoms with E-state index in [0.717, 1.165) is 30.9 Å². The Kier molecular flexibility index (Phi) is 7.04. The molecule has 2 aromatic heterocycles. The maximum atomic E-state index is 9.95. The van der Waals surface area contributed by atoms with Crippen LogP contribution in [0.2, 0.25) is 0 Å². The minimum Gasteiger partial charge on any atom is -0.475 e. The third kappa shape index (κ3) is 6.29. The van der Waals surface area contributed by atoms with Gasteiger partial charge in [0.1, 0.15) is 6.61 Å². The topological polar surface area (TPSA) is 67.2 Å². The maximum Gasteiger partial charge on any atom is 0.216 e. The largest absolute Gasteiger partial charge is 0.475 e. The molecular weight excluding hydrogens is 374 g/mol. The highest BCUT2D eigenvalue weighted by Gasteiger charge is 2.17. The van der Waals surface area contributed by atoms with Gasteiger partial charge in [0, 0.05) is 40.8 Å². The molecule has 1 aliphatic heterocycles. The van der Waals surface area contributed by atoms with Gasteiger partial charge in [0.05, 0.1) is 31.1 Å². The van der Waals surface area contributed by atoms with Crippen molar-refractivity contribution in [2.45, 2.75) is 39.3 Å². The summed E-state index contributed by atoms with van der Waals surface area (Å²) in [5, 5.41) is 9.95. The van der Waals surface area contributed by atoms with Crippen LogP contribution in [0.4, 0.5) is 5.69 Å². The van der Waals surface area contributed by atoms with Crippen LogP contribution in [-0.2, 0) is 17.7 Å². The molecule has 3 heterocycles. The Morgan fingerprint density at radius 1 is 1.29 bits per heavy atom. The van der Waals surface area contributed by atoms with Gasteiger partial charge in [-0.05, 0) is 38.5 Å². The normalized spacial score (nSPS) is 15.4. The number of hydrogen-bond donors (Lipinski definition) is 1. The second-order valence-corrected chi connectivity index (χ2v) is 8.73. The van der Waals surface area contributed by atoms with Crippen molar-refractivity contribution in [3.63, 3.8) is 0 Å². The van der Waals surface area contributed by atoms with Gasteiger partial charge in [0.15, 0.2) is 0 Å². The molecule has 0 bridgehead atoms. The van der Waals surface area contributed by atoms with Crippen LogP contribution in [0.25, 0.3) is 0 Å². The van der Waals surface area contributed by atoms with Crippen molar-refractivity contribution < 1.29 is 14.6 Å². The van der Waals surface area contributed by atoms with Crippen LogP contribution in [-0.4, -0.2) is 54.8 Å². The molecule has 152 valence electrons. The van der Waals surface area contributed by atoms with Crippen LogP contribution in [0.15, 0.2) is 29.3 Å². The van der Waals surface area contributed by atoms with E-state index in [2.05, 4.69) is 33.9 Å². The number of aliphatic imine (C=N–C) groups is 1. The van der Waals surface area contributed by atoms with E-state index < -0.39 is 5.60 Å². The van der Waals surface area contributed by atoms with Crippen molar-refractivity contribution in [2.75, 3.05) is 37.8 Å².